The summed E-state index contributed by atoms with van der Waals surface area (Å²) in [6, 6.07) is 0.266. The monoisotopic (exact) mass is 276 g/mol. The summed E-state index contributed by atoms with van der Waals surface area (Å²) in [5.41, 5.74) is -0.963. The number of nitrogens with one attached hydrogen (secondary N) is 1. The maximum atomic E-state index is 13.3. The van der Waals surface area contributed by atoms with E-state index in [1.54, 1.807) is 7.05 Å². The number of halogens is 4. The highest BCUT2D eigenvalue weighted by Crippen LogP contribution is 2.26. The number of nitrogens with zero attached hydrogens (tertiary/aromatic N) is 1. The highest BCUT2D eigenvalue weighted by atomic mass is 19.2. The van der Waals surface area contributed by atoms with Crippen molar-refractivity contribution in [1.82, 2.24) is 4.90 Å². The molecule has 1 fully saturated rings. The van der Waals surface area contributed by atoms with Crippen molar-refractivity contribution >= 4 is 11.6 Å². The van der Waals surface area contributed by atoms with E-state index in [1.807, 2.05) is 0 Å². The van der Waals surface area contributed by atoms with Crippen LogP contribution in [0.5, 0.6) is 0 Å². The molecule has 1 saturated carbocycles. The molecule has 0 aromatic heterocycles. The molecule has 0 bridgehead atoms. The van der Waals surface area contributed by atoms with Crippen molar-refractivity contribution in [1.29, 1.82) is 0 Å². The number of carbonyl (C=O) groups excluding carboxylic acids is 1. The van der Waals surface area contributed by atoms with Crippen molar-refractivity contribution in [2.24, 2.45) is 0 Å². The molecule has 1 aromatic carbocycles. The van der Waals surface area contributed by atoms with Gasteiger partial charge in [0.1, 0.15) is 5.69 Å². The Morgan fingerprint density at radius 1 is 1.26 bits per heavy atom. The van der Waals surface area contributed by atoms with Gasteiger partial charge in [-0.1, -0.05) is 0 Å². The van der Waals surface area contributed by atoms with E-state index in [0.717, 1.165) is 12.8 Å². The number of anilines is 1. The van der Waals surface area contributed by atoms with Crippen LogP contribution in [0.2, 0.25) is 0 Å². The third-order valence-corrected chi connectivity index (χ3v) is 3.02. The van der Waals surface area contributed by atoms with Gasteiger partial charge in [0.05, 0.1) is 6.54 Å². The van der Waals surface area contributed by atoms with Crippen LogP contribution in [0.4, 0.5) is 23.2 Å². The van der Waals surface area contributed by atoms with Crippen molar-refractivity contribution in [2.45, 2.75) is 18.9 Å². The lowest BCUT2D eigenvalue weighted by Gasteiger charge is -2.17. The van der Waals surface area contributed by atoms with Gasteiger partial charge >= 0.3 is 0 Å². The fourth-order valence-corrected chi connectivity index (χ4v) is 1.68. The van der Waals surface area contributed by atoms with Gasteiger partial charge < -0.3 is 10.2 Å². The molecule has 0 spiro atoms. The predicted molar refractivity (Wildman–Crippen MR) is 60.6 cm³/mol. The van der Waals surface area contributed by atoms with E-state index >= 15 is 0 Å². The molecule has 0 radical (unpaired) electrons. The van der Waals surface area contributed by atoms with Crippen LogP contribution in [-0.2, 0) is 4.79 Å². The molecule has 1 aromatic rings. The zero-order chi connectivity index (χ0) is 14.2. The number of rotatable bonds is 4. The average Bonchev–Trinajstić information content (AvgIpc) is 3.19. The van der Waals surface area contributed by atoms with Crippen LogP contribution in [0.25, 0.3) is 0 Å². The molecule has 1 aliphatic rings. The van der Waals surface area contributed by atoms with E-state index in [4.69, 9.17) is 0 Å². The maximum absolute atomic E-state index is 13.3. The highest BCUT2D eigenvalue weighted by Gasteiger charge is 2.29. The Morgan fingerprint density at radius 3 is 2.26 bits per heavy atom. The minimum absolute atomic E-state index is 0.119. The Kier molecular flexibility index (Phi) is 3.64. The predicted octanol–water partition coefficient (Wildman–Crippen LogP) is 2.28. The van der Waals surface area contributed by atoms with Gasteiger partial charge in [0, 0.05) is 19.2 Å². The van der Waals surface area contributed by atoms with E-state index in [0.29, 0.717) is 0 Å². The molecular formula is C12H12F4N2O. The molecule has 104 valence electrons. The first kappa shape index (κ1) is 13.6. The van der Waals surface area contributed by atoms with Crippen LogP contribution in [0.1, 0.15) is 12.8 Å². The van der Waals surface area contributed by atoms with Crippen LogP contribution in [0.15, 0.2) is 6.07 Å². The maximum Gasteiger partial charge on any atom is 0.241 e. The first-order chi connectivity index (χ1) is 8.91. The third-order valence-electron chi connectivity index (χ3n) is 3.02. The molecule has 0 aliphatic heterocycles. The number of likely N-dealkylation sites (N-methyl/N-ethyl adjacent to an activating group) is 1. The first-order valence-electron chi connectivity index (χ1n) is 5.74. The Bertz CT molecular complexity index is 491. The molecule has 19 heavy (non-hydrogen) atoms. The SMILES string of the molecule is CN(C(=O)CNc1c(F)c(F)cc(F)c1F)C1CC1. The van der Waals surface area contributed by atoms with Gasteiger partial charge in [-0.15, -0.1) is 0 Å². The number of amides is 1. The minimum atomic E-state index is -1.54. The second kappa shape index (κ2) is 5.07. The fraction of sp³-hybridized carbons (Fsp3) is 0.417. The van der Waals surface area contributed by atoms with Gasteiger partial charge in [-0.3, -0.25) is 4.79 Å². The lowest BCUT2D eigenvalue weighted by Crippen LogP contribution is -2.34. The van der Waals surface area contributed by atoms with E-state index in [2.05, 4.69) is 5.32 Å². The standard InChI is InChI=1S/C12H12F4N2O/c1-18(6-2-3-6)9(19)5-17-12-10(15)7(13)4-8(14)11(12)16/h4,6,17H,2-3,5H2,1H3. The van der Waals surface area contributed by atoms with Gasteiger partial charge in [-0.25, -0.2) is 17.6 Å². The van der Waals surface area contributed by atoms with Crippen LogP contribution in [0.3, 0.4) is 0 Å². The number of carbonyl (C=O) groups is 1. The largest absolute Gasteiger partial charge is 0.371 e. The molecule has 0 saturated heterocycles. The summed E-state index contributed by atoms with van der Waals surface area (Å²) in [5, 5.41) is 2.10. The van der Waals surface area contributed by atoms with Crippen LogP contribution in [0, 0.1) is 23.3 Å². The normalized spacial score (nSPS) is 14.4. The minimum Gasteiger partial charge on any atom is -0.371 e. The molecule has 7 heteroatoms. The van der Waals surface area contributed by atoms with E-state index in [9.17, 15) is 22.4 Å². The number of benzene rings is 1. The molecule has 0 heterocycles. The van der Waals surface area contributed by atoms with Crippen molar-refractivity contribution in [2.75, 3.05) is 18.9 Å². The van der Waals surface area contributed by atoms with Gasteiger partial charge in [0.2, 0.25) is 5.91 Å². The highest BCUT2D eigenvalue weighted by molar-refractivity contribution is 5.81. The lowest BCUT2D eigenvalue weighted by atomic mass is 10.2. The Hall–Kier alpha value is -1.79. The summed E-state index contributed by atoms with van der Waals surface area (Å²) >= 11 is 0. The molecular weight excluding hydrogens is 264 g/mol. The quantitative estimate of drug-likeness (QED) is 0.676. The molecule has 0 atom stereocenters. The van der Waals surface area contributed by atoms with Crippen LogP contribution in [-0.4, -0.2) is 30.4 Å². The second-order valence-corrected chi connectivity index (χ2v) is 4.43. The molecule has 0 unspecified atom stereocenters. The lowest BCUT2D eigenvalue weighted by molar-refractivity contribution is -0.128. The molecule has 1 aliphatic carbocycles. The fourth-order valence-electron chi connectivity index (χ4n) is 1.68. The van der Waals surface area contributed by atoms with Crippen molar-refractivity contribution in [3.05, 3.63) is 29.3 Å². The Balaban J connectivity index is 2.08. The number of hydrogen-bond acceptors (Lipinski definition) is 2. The summed E-state index contributed by atoms with van der Waals surface area (Å²) in [5.74, 6) is -6.50. The first-order valence-corrected chi connectivity index (χ1v) is 5.74. The molecule has 1 amide bonds. The summed E-state index contributed by atoms with van der Waals surface area (Å²) in [4.78, 5) is 13.1. The second-order valence-electron chi connectivity index (χ2n) is 4.43. The summed E-state index contributed by atoms with van der Waals surface area (Å²) in [6.45, 7) is -0.427. The van der Waals surface area contributed by atoms with Crippen LogP contribution >= 0.6 is 0 Å². The third kappa shape index (κ3) is 2.80. The van der Waals surface area contributed by atoms with E-state index in [1.165, 1.54) is 4.90 Å². The van der Waals surface area contributed by atoms with Crippen molar-refractivity contribution < 1.29 is 22.4 Å². The van der Waals surface area contributed by atoms with Crippen molar-refractivity contribution in [3.63, 3.8) is 0 Å². The molecule has 2 rings (SSSR count). The zero-order valence-corrected chi connectivity index (χ0v) is 10.1. The zero-order valence-electron chi connectivity index (χ0n) is 10.1. The summed E-state index contributed by atoms with van der Waals surface area (Å²) in [6.07, 6.45) is 1.78. The molecule has 1 N–H and O–H groups in total. The van der Waals surface area contributed by atoms with Gasteiger partial charge in [-0.05, 0) is 12.8 Å². The van der Waals surface area contributed by atoms with Gasteiger partial charge in [0.15, 0.2) is 23.3 Å². The van der Waals surface area contributed by atoms with Crippen molar-refractivity contribution in [3.8, 4) is 0 Å². The van der Waals surface area contributed by atoms with Crippen LogP contribution < -0.4 is 5.32 Å². The van der Waals surface area contributed by atoms with Gasteiger partial charge in [-0.2, -0.15) is 0 Å². The topological polar surface area (TPSA) is 32.3 Å². The Morgan fingerprint density at radius 2 is 1.79 bits per heavy atom. The van der Waals surface area contributed by atoms with E-state index < -0.39 is 41.4 Å². The van der Waals surface area contributed by atoms with Gasteiger partial charge in [0.25, 0.3) is 0 Å². The Labute approximate surface area is 107 Å². The molecule has 3 nitrogen and oxygen atoms in total. The number of hydrogen-bond donors (Lipinski definition) is 1. The summed E-state index contributed by atoms with van der Waals surface area (Å²) < 4.78 is 52.4. The summed E-state index contributed by atoms with van der Waals surface area (Å²) in [7, 11) is 1.57. The average molecular weight is 276 g/mol. The van der Waals surface area contributed by atoms with E-state index in [-0.39, 0.29) is 12.1 Å². The smallest absolute Gasteiger partial charge is 0.241 e.